The summed E-state index contributed by atoms with van der Waals surface area (Å²) in [5.74, 6) is -0.999. The Bertz CT molecular complexity index is 2960. The molecule has 1 aliphatic carbocycles. The van der Waals surface area contributed by atoms with Gasteiger partial charge in [-0.1, -0.05) is 36.4 Å². The number of piperidine rings is 1. The highest BCUT2D eigenvalue weighted by Crippen LogP contribution is 2.34. The Balaban J connectivity index is 0.698. The first-order chi connectivity index (χ1) is 35.3. The number of rotatable bonds is 20. The summed E-state index contributed by atoms with van der Waals surface area (Å²) in [6.45, 7) is 5.01. The molecule has 0 radical (unpaired) electrons. The minimum Gasteiger partial charge on any atom is -0.380 e. The van der Waals surface area contributed by atoms with Crippen LogP contribution in [0.15, 0.2) is 77.7 Å². The van der Waals surface area contributed by atoms with E-state index in [1.807, 2.05) is 84.4 Å². The monoisotopic (exact) mass is 1010 g/mol. The highest BCUT2D eigenvalue weighted by atomic mass is 32.1. The molecule has 73 heavy (non-hydrogen) atoms. The molecule has 3 aliphatic heterocycles. The van der Waals surface area contributed by atoms with Gasteiger partial charge in [0.2, 0.25) is 17.7 Å². The lowest BCUT2D eigenvalue weighted by Crippen LogP contribution is -2.52. The number of fused-ring (bicyclic) bond motifs is 2. The lowest BCUT2D eigenvalue weighted by atomic mass is 9.99. The van der Waals surface area contributed by atoms with E-state index < -0.39 is 18.0 Å². The SMILES string of the molecule is Cc1c(NC(=O)c2cc3c(s2)CCCC3)cccc1-c1cn(C)c(=O)c(Nc2ccc([C@@H]3C(=O)N(CCOCCCC(=O)COCCCc4cccc5c4CN(C4CCC(=O)NC4=O)C5=O)CCN3C)cc2)n1. The first kappa shape index (κ1) is 51.1. The fourth-order valence-corrected chi connectivity index (χ4v) is 11.3. The van der Waals surface area contributed by atoms with E-state index >= 15 is 0 Å². The number of aryl methyl sites for hydroxylation is 4. The zero-order valence-corrected chi connectivity index (χ0v) is 42.4. The fraction of sp³-hybridized carbons (Fsp3) is 0.418. The third kappa shape index (κ3) is 11.7. The van der Waals surface area contributed by atoms with E-state index in [4.69, 9.17) is 14.5 Å². The van der Waals surface area contributed by atoms with E-state index in [0.717, 1.165) is 53.5 Å². The number of carbonyl (C=O) groups excluding carboxylic acids is 6. The Morgan fingerprint density at radius 1 is 0.877 bits per heavy atom. The lowest BCUT2D eigenvalue weighted by molar-refractivity contribution is -0.142. The van der Waals surface area contributed by atoms with E-state index in [9.17, 15) is 33.6 Å². The van der Waals surface area contributed by atoms with Gasteiger partial charge in [-0.2, -0.15) is 0 Å². The molecule has 5 heterocycles. The number of ketones is 1. The number of hydrogen-bond acceptors (Lipinski definition) is 13. The van der Waals surface area contributed by atoms with E-state index in [0.29, 0.717) is 106 Å². The molecule has 0 spiro atoms. The van der Waals surface area contributed by atoms with Crippen molar-refractivity contribution in [3.05, 3.63) is 126 Å². The van der Waals surface area contributed by atoms with Crippen molar-refractivity contribution in [1.29, 1.82) is 0 Å². The maximum atomic E-state index is 13.8. The number of nitrogens with zero attached hydrogens (tertiary/aromatic N) is 5. The van der Waals surface area contributed by atoms with Crippen molar-refractivity contribution in [2.45, 2.75) is 89.8 Å². The molecule has 18 heteroatoms. The summed E-state index contributed by atoms with van der Waals surface area (Å²) in [7, 11) is 3.61. The van der Waals surface area contributed by atoms with Gasteiger partial charge in [0.15, 0.2) is 11.6 Å². The molecule has 0 saturated carbocycles. The molecule has 1 unspecified atom stereocenters. The number of likely N-dealkylation sites (N-methyl/N-ethyl adjacent to an activating group) is 1. The summed E-state index contributed by atoms with van der Waals surface area (Å²) in [6, 6.07) is 19.5. The van der Waals surface area contributed by atoms with Crippen LogP contribution >= 0.6 is 11.3 Å². The summed E-state index contributed by atoms with van der Waals surface area (Å²) in [5.41, 5.74) is 7.76. The minimum absolute atomic E-state index is 0.00102. The molecule has 2 aromatic heterocycles. The molecule has 3 aromatic carbocycles. The predicted octanol–water partition coefficient (Wildman–Crippen LogP) is 6.28. The number of hydrogen-bond donors (Lipinski definition) is 3. The van der Waals surface area contributed by atoms with E-state index in [1.54, 1.807) is 35.5 Å². The van der Waals surface area contributed by atoms with Crippen molar-refractivity contribution in [2.24, 2.45) is 7.05 Å². The van der Waals surface area contributed by atoms with Crippen molar-refractivity contribution in [2.75, 3.05) is 63.7 Å². The van der Waals surface area contributed by atoms with E-state index in [-0.39, 0.29) is 53.8 Å². The van der Waals surface area contributed by atoms with Crippen LogP contribution < -0.4 is 21.5 Å². The molecule has 9 rings (SSSR count). The normalized spacial score (nSPS) is 17.9. The van der Waals surface area contributed by atoms with Gasteiger partial charge in [-0.25, -0.2) is 4.98 Å². The molecule has 0 bridgehead atoms. The number of benzene rings is 3. The Kier molecular flexibility index (Phi) is 16.0. The molecule has 17 nitrogen and oxygen atoms in total. The van der Waals surface area contributed by atoms with Crippen molar-refractivity contribution in [3.8, 4) is 11.3 Å². The zero-order chi connectivity index (χ0) is 51.2. The molecule has 4 aliphatic rings. The third-order valence-corrected chi connectivity index (χ3v) is 15.5. The highest BCUT2D eigenvalue weighted by molar-refractivity contribution is 7.14. The quantitative estimate of drug-likeness (QED) is 0.0583. The number of ether oxygens (including phenoxy) is 2. The number of imide groups is 1. The van der Waals surface area contributed by atoms with Gasteiger partial charge in [0.25, 0.3) is 17.4 Å². The molecular formula is C55H62N8O9S. The Morgan fingerprint density at radius 3 is 2.47 bits per heavy atom. The van der Waals surface area contributed by atoms with Crippen LogP contribution in [0, 0.1) is 6.92 Å². The van der Waals surface area contributed by atoms with Crippen LogP contribution in [-0.4, -0.2) is 119 Å². The molecule has 5 amide bonds. The largest absolute Gasteiger partial charge is 0.380 e. The van der Waals surface area contributed by atoms with Crippen molar-refractivity contribution >= 4 is 63.8 Å². The van der Waals surface area contributed by atoms with Crippen LogP contribution in [0.1, 0.15) is 104 Å². The molecule has 2 saturated heterocycles. The molecule has 2 fully saturated rings. The van der Waals surface area contributed by atoms with Crippen molar-refractivity contribution in [1.82, 2.24) is 29.6 Å². The van der Waals surface area contributed by atoms with Gasteiger partial charge in [-0.3, -0.25) is 43.8 Å². The molecule has 382 valence electrons. The highest BCUT2D eigenvalue weighted by Gasteiger charge is 2.40. The van der Waals surface area contributed by atoms with Crippen LogP contribution in [0.3, 0.4) is 0 Å². The second kappa shape index (κ2) is 22.9. The van der Waals surface area contributed by atoms with Crippen molar-refractivity contribution < 1.29 is 38.2 Å². The standard InChI is InChI=1S/C55H62N8O9S/c1-34-40(14-7-16-43(34)58-52(67)47-30-37-10-4-5-17-46(37)73-47)44-32-61(3)55(70)50(57-44)56-38-20-18-36(19-21-38)49-54(69)62(25-24-60(49)2)26-29-71-27-9-13-39(64)33-72-28-8-12-35-11-6-15-41-42(35)31-63(53(41)68)45-22-23-48(65)59-51(45)66/h6-7,11,14-16,18-21,30,32,45,49H,4-5,8-10,12-13,17,22-29,31,33H2,1-3H3,(H,56,57)(H,58,67)(H,59,65,66)/t45?,49-/m1/s1. The zero-order valence-electron chi connectivity index (χ0n) is 41.6. The summed E-state index contributed by atoms with van der Waals surface area (Å²) < 4.78 is 13.0. The second-order valence-electron chi connectivity index (χ2n) is 19.3. The molecule has 5 aromatic rings. The lowest BCUT2D eigenvalue weighted by Gasteiger charge is -2.39. The number of anilines is 3. The number of Topliss-reactive ketones (excluding diaryl/α,β-unsaturated/α-hetero) is 1. The van der Waals surface area contributed by atoms with Gasteiger partial charge in [0.1, 0.15) is 18.7 Å². The van der Waals surface area contributed by atoms with Gasteiger partial charge in [0.05, 0.1) is 17.2 Å². The van der Waals surface area contributed by atoms with Crippen LogP contribution in [0.4, 0.5) is 17.2 Å². The third-order valence-electron chi connectivity index (χ3n) is 14.3. The number of nitrogens with one attached hydrogen (secondary N) is 3. The number of piperazine rings is 1. The van der Waals surface area contributed by atoms with Gasteiger partial charge < -0.3 is 34.5 Å². The molecule has 2 atom stereocenters. The fourth-order valence-electron chi connectivity index (χ4n) is 10.2. The predicted molar refractivity (Wildman–Crippen MR) is 277 cm³/mol. The number of carbonyl (C=O) groups is 6. The van der Waals surface area contributed by atoms with Crippen LogP contribution in [0.2, 0.25) is 0 Å². The number of amides is 5. The van der Waals surface area contributed by atoms with E-state index in [1.165, 1.54) is 15.0 Å². The Morgan fingerprint density at radius 2 is 1.66 bits per heavy atom. The smallest absolute Gasteiger partial charge is 0.293 e. The molecular weight excluding hydrogens is 949 g/mol. The van der Waals surface area contributed by atoms with Crippen LogP contribution in [-0.2, 0) is 61.5 Å². The van der Waals surface area contributed by atoms with Crippen molar-refractivity contribution in [3.63, 3.8) is 0 Å². The maximum absolute atomic E-state index is 13.8. The maximum Gasteiger partial charge on any atom is 0.293 e. The van der Waals surface area contributed by atoms with Crippen LogP contribution in [0.25, 0.3) is 11.3 Å². The summed E-state index contributed by atoms with van der Waals surface area (Å²) in [4.78, 5) is 102. The molecule has 3 N–H and O–H groups in total. The average molecular weight is 1010 g/mol. The Hall–Kier alpha value is -6.86. The summed E-state index contributed by atoms with van der Waals surface area (Å²) in [6.07, 6.45) is 8.71. The van der Waals surface area contributed by atoms with Gasteiger partial charge in [0, 0.05) is 92.9 Å². The number of aromatic nitrogens is 2. The average Bonchev–Trinajstić information content (AvgIpc) is 3.97. The first-order valence-electron chi connectivity index (χ1n) is 25.2. The van der Waals surface area contributed by atoms with Gasteiger partial charge >= 0.3 is 0 Å². The summed E-state index contributed by atoms with van der Waals surface area (Å²) >= 11 is 1.57. The topological polar surface area (TPSA) is 202 Å². The van der Waals surface area contributed by atoms with Gasteiger partial charge in [-0.15, -0.1) is 11.3 Å². The number of thiophene rings is 1. The van der Waals surface area contributed by atoms with Gasteiger partial charge in [-0.05, 0) is 123 Å². The first-order valence-corrected chi connectivity index (χ1v) is 26.0. The Labute approximate surface area is 428 Å². The summed E-state index contributed by atoms with van der Waals surface area (Å²) in [5, 5.41) is 8.64. The second-order valence-corrected chi connectivity index (χ2v) is 20.4. The van der Waals surface area contributed by atoms with E-state index in [2.05, 4.69) is 16.0 Å². The minimum atomic E-state index is -0.662. The van der Waals surface area contributed by atoms with Crippen LogP contribution in [0.5, 0.6) is 0 Å².